The first-order valence-corrected chi connectivity index (χ1v) is 8.07. The maximum atomic E-state index is 7.91. The van der Waals surface area contributed by atoms with Crippen LogP contribution in [0, 0.1) is 5.41 Å². The molecule has 4 heteroatoms. The molecule has 0 radical (unpaired) electrons. The van der Waals surface area contributed by atoms with E-state index < -0.39 is 0 Å². The van der Waals surface area contributed by atoms with Crippen molar-refractivity contribution in [1.82, 2.24) is 0 Å². The van der Waals surface area contributed by atoms with Gasteiger partial charge in [0.25, 0.3) is 0 Å². The summed E-state index contributed by atoms with van der Waals surface area (Å²) >= 11 is 1.77. The van der Waals surface area contributed by atoms with E-state index in [1.165, 1.54) is 25.7 Å². The number of anilines is 1. The minimum absolute atomic E-state index is 0.191. The van der Waals surface area contributed by atoms with Gasteiger partial charge in [-0.15, -0.1) is 11.8 Å². The predicted octanol–water partition coefficient (Wildman–Crippen LogP) is 3.46. The minimum Gasteiger partial charge on any atom is -0.384 e. The zero-order chi connectivity index (χ0) is 13.7. The van der Waals surface area contributed by atoms with Gasteiger partial charge in [-0.2, -0.15) is 0 Å². The van der Waals surface area contributed by atoms with E-state index in [-0.39, 0.29) is 5.84 Å². The minimum atomic E-state index is 0.191. The second-order valence-corrected chi connectivity index (χ2v) is 6.20. The summed E-state index contributed by atoms with van der Waals surface area (Å²) in [6, 6.07) is 6.28. The number of amidine groups is 1. The lowest BCUT2D eigenvalue weighted by molar-refractivity contribution is 0.726. The number of benzene rings is 1. The number of nitrogen functional groups attached to an aromatic ring is 1. The van der Waals surface area contributed by atoms with Crippen molar-refractivity contribution in [3.63, 3.8) is 0 Å². The third kappa shape index (κ3) is 3.44. The molecule has 0 aliphatic carbocycles. The molecule has 104 valence electrons. The van der Waals surface area contributed by atoms with Gasteiger partial charge in [-0.3, -0.25) is 5.41 Å². The Morgan fingerprint density at radius 2 is 1.95 bits per heavy atom. The normalized spacial score (nSPS) is 16.2. The highest BCUT2D eigenvalue weighted by Crippen LogP contribution is 2.31. The fourth-order valence-corrected chi connectivity index (χ4v) is 3.49. The van der Waals surface area contributed by atoms with Crippen LogP contribution < -0.4 is 10.6 Å². The Hall–Kier alpha value is -1.16. The predicted molar refractivity (Wildman–Crippen MR) is 84.5 cm³/mol. The Morgan fingerprint density at radius 3 is 2.53 bits per heavy atom. The largest absolute Gasteiger partial charge is 0.384 e. The third-order valence-corrected chi connectivity index (χ3v) is 4.46. The molecule has 0 aromatic heterocycles. The van der Waals surface area contributed by atoms with Gasteiger partial charge in [-0.25, -0.2) is 0 Å². The summed E-state index contributed by atoms with van der Waals surface area (Å²) in [7, 11) is 0. The molecule has 3 N–H and O–H groups in total. The Labute approximate surface area is 120 Å². The number of nitrogens with one attached hydrogen (secondary N) is 1. The first-order valence-electron chi connectivity index (χ1n) is 7.09. The Morgan fingerprint density at radius 1 is 1.26 bits per heavy atom. The number of hydrogen-bond donors (Lipinski definition) is 2. The van der Waals surface area contributed by atoms with Crippen LogP contribution in [0.4, 0.5) is 5.69 Å². The summed E-state index contributed by atoms with van der Waals surface area (Å²) in [5.74, 6) is 1.19. The van der Waals surface area contributed by atoms with Crippen LogP contribution in [0.5, 0.6) is 0 Å². The molecule has 0 unspecified atom stereocenters. The fourth-order valence-electron chi connectivity index (χ4n) is 2.64. The lowest BCUT2D eigenvalue weighted by Gasteiger charge is -2.26. The van der Waals surface area contributed by atoms with Gasteiger partial charge in [0.05, 0.1) is 5.56 Å². The smallest absolute Gasteiger partial charge is 0.126 e. The first kappa shape index (κ1) is 14.3. The molecule has 1 fully saturated rings. The van der Waals surface area contributed by atoms with E-state index >= 15 is 0 Å². The van der Waals surface area contributed by atoms with Crippen molar-refractivity contribution in [2.75, 3.05) is 23.7 Å². The van der Waals surface area contributed by atoms with Crippen molar-refractivity contribution in [2.45, 2.75) is 37.5 Å². The van der Waals surface area contributed by atoms with Crippen molar-refractivity contribution in [2.24, 2.45) is 5.73 Å². The monoisotopic (exact) mass is 277 g/mol. The molecule has 1 saturated heterocycles. The van der Waals surface area contributed by atoms with Gasteiger partial charge in [0.15, 0.2) is 0 Å². The Bertz CT molecular complexity index is 437. The second-order valence-electron chi connectivity index (χ2n) is 4.90. The quantitative estimate of drug-likeness (QED) is 0.503. The second kappa shape index (κ2) is 6.85. The molecule has 2 rings (SSSR count). The number of nitrogens with zero attached hydrogens (tertiary/aromatic N) is 1. The lowest BCUT2D eigenvalue weighted by Crippen LogP contribution is -2.27. The van der Waals surface area contributed by atoms with Gasteiger partial charge >= 0.3 is 0 Å². The average molecular weight is 277 g/mol. The maximum absolute atomic E-state index is 7.91. The van der Waals surface area contributed by atoms with E-state index in [9.17, 15) is 0 Å². The SMILES string of the molecule is CCSc1cccc(N2CCCCCC2)c1C(=N)N. The van der Waals surface area contributed by atoms with Gasteiger partial charge < -0.3 is 10.6 Å². The van der Waals surface area contributed by atoms with Crippen molar-refractivity contribution in [1.29, 1.82) is 5.41 Å². The number of rotatable bonds is 4. The van der Waals surface area contributed by atoms with E-state index in [0.717, 1.165) is 35.0 Å². The van der Waals surface area contributed by atoms with Gasteiger partial charge in [0.2, 0.25) is 0 Å². The highest BCUT2D eigenvalue weighted by molar-refractivity contribution is 7.99. The molecule has 0 spiro atoms. The molecule has 1 heterocycles. The van der Waals surface area contributed by atoms with E-state index in [1.54, 1.807) is 11.8 Å². The first-order chi connectivity index (χ1) is 9.24. The molecule has 3 nitrogen and oxygen atoms in total. The van der Waals surface area contributed by atoms with Gasteiger partial charge in [0, 0.05) is 23.7 Å². The van der Waals surface area contributed by atoms with Crippen molar-refractivity contribution in [3.05, 3.63) is 23.8 Å². The van der Waals surface area contributed by atoms with E-state index in [1.807, 2.05) is 0 Å². The van der Waals surface area contributed by atoms with Gasteiger partial charge in [-0.05, 0) is 30.7 Å². The van der Waals surface area contributed by atoms with Crippen LogP contribution in [-0.2, 0) is 0 Å². The molecule has 1 aromatic carbocycles. The molecule has 1 aliphatic heterocycles. The molecular formula is C15H23N3S. The van der Waals surface area contributed by atoms with Gasteiger partial charge in [-0.1, -0.05) is 25.8 Å². The van der Waals surface area contributed by atoms with Crippen molar-refractivity contribution < 1.29 is 0 Å². The Balaban J connectivity index is 2.37. The third-order valence-electron chi connectivity index (χ3n) is 3.52. The molecular weight excluding hydrogens is 254 g/mol. The zero-order valence-corrected chi connectivity index (χ0v) is 12.4. The summed E-state index contributed by atoms with van der Waals surface area (Å²) in [4.78, 5) is 3.54. The number of thioether (sulfide) groups is 1. The molecule has 0 atom stereocenters. The van der Waals surface area contributed by atoms with Crippen LogP contribution >= 0.6 is 11.8 Å². The highest BCUT2D eigenvalue weighted by Gasteiger charge is 2.17. The summed E-state index contributed by atoms with van der Waals surface area (Å²) in [5, 5.41) is 7.91. The molecule has 0 saturated carbocycles. The summed E-state index contributed by atoms with van der Waals surface area (Å²) < 4.78 is 0. The average Bonchev–Trinajstić information content (AvgIpc) is 2.67. The van der Waals surface area contributed by atoms with E-state index in [0.29, 0.717) is 0 Å². The summed E-state index contributed by atoms with van der Waals surface area (Å²) in [5.41, 5.74) is 7.91. The van der Waals surface area contributed by atoms with Gasteiger partial charge in [0.1, 0.15) is 5.84 Å². The van der Waals surface area contributed by atoms with Crippen LogP contribution in [0.1, 0.15) is 38.2 Å². The van der Waals surface area contributed by atoms with Crippen LogP contribution in [0.25, 0.3) is 0 Å². The molecule has 1 aromatic rings. The highest BCUT2D eigenvalue weighted by atomic mass is 32.2. The van der Waals surface area contributed by atoms with Crippen LogP contribution in [-0.4, -0.2) is 24.7 Å². The van der Waals surface area contributed by atoms with Crippen molar-refractivity contribution >= 4 is 23.3 Å². The molecule has 0 bridgehead atoms. The van der Waals surface area contributed by atoms with Crippen molar-refractivity contribution in [3.8, 4) is 0 Å². The number of hydrogen-bond acceptors (Lipinski definition) is 3. The molecule has 1 aliphatic rings. The standard InChI is InChI=1S/C15H23N3S/c1-2-19-13-9-7-8-12(14(13)15(16)17)18-10-5-3-4-6-11-18/h7-9H,2-6,10-11H2,1H3,(H3,16,17). The van der Waals surface area contributed by atoms with Crippen LogP contribution in [0.3, 0.4) is 0 Å². The maximum Gasteiger partial charge on any atom is 0.126 e. The summed E-state index contributed by atoms with van der Waals surface area (Å²) in [6.45, 7) is 4.30. The number of nitrogens with two attached hydrogens (primary N) is 1. The fraction of sp³-hybridized carbons (Fsp3) is 0.533. The van der Waals surface area contributed by atoms with E-state index in [4.69, 9.17) is 11.1 Å². The Kier molecular flexibility index (Phi) is 5.14. The topological polar surface area (TPSA) is 53.1 Å². The molecule has 0 amide bonds. The zero-order valence-electron chi connectivity index (χ0n) is 11.6. The van der Waals surface area contributed by atoms with Crippen LogP contribution in [0.2, 0.25) is 0 Å². The van der Waals surface area contributed by atoms with Crippen LogP contribution in [0.15, 0.2) is 23.1 Å². The lowest BCUT2D eigenvalue weighted by atomic mass is 10.1. The van der Waals surface area contributed by atoms with E-state index in [2.05, 4.69) is 30.0 Å². The summed E-state index contributed by atoms with van der Waals surface area (Å²) in [6.07, 6.45) is 5.11. The molecule has 19 heavy (non-hydrogen) atoms.